The van der Waals surface area contributed by atoms with Crippen molar-refractivity contribution in [2.75, 3.05) is 13.2 Å². The van der Waals surface area contributed by atoms with Gasteiger partial charge in [0.15, 0.2) is 6.10 Å². The van der Waals surface area contributed by atoms with Gasteiger partial charge in [0.2, 0.25) is 0 Å². The standard InChI is InChI=1S/C54H104O6/c1-6-7-8-9-10-11-12-13-14-15-16-17-20-23-29-34-39-44-52(55)58-47-51(48-59-53(56)45-40-35-30-26-25-28-33-38-43-50(4)5)60-54(57)46-41-36-31-24-21-18-19-22-27-32-37-42-49(2)3/h49-51H,6-48H2,1-5H3/t51-/m0/s1. The molecule has 0 unspecified atom stereocenters. The van der Waals surface area contributed by atoms with Crippen LogP contribution in [0.3, 0.4) is 0 Å². The summed E-state index contributed by atoms with van der Waals surface area (Å²) in [6.45, 7) is 11.3. The zero-order valence-electron chi connectivity index (χ0n) is 41.1. The lowest BCUT2D eigenvalue weighted by Gasteiger charge is -2.18. The largest absolute Gasteiger partial charge is 0.462 e. The topological polar surface area (TPSA) is 78.9 Å². The average Bonchev–Trinajstić information content (AvgIpc) is 3.22. The van der Waals surface area contributed by atoms with Crippen molar-refractivity contribution in [3.05, 3.63) is 0 Å². The van der Waals surface area contributed by atoms with E-state index in [1.165, 1.54) is 186 Å². The summed E-state index contributed by atoms with van der Waals surface area (Å²) in [4.78, 5) is 38.0. The molecule has 0 aromatic rings. The minimum Gasteiger partial charge on any atom is -0.462 e. The fourth-order valence-corrected chi connectivity index (χ4v) is 8.17. The molecular weight excluding hydrogens is 745 g/mol. The summed E-state index contributed by atoms with van der Waals surface area (Å²) in [5.41, 5.74) is 0. The highest BCUT2D eigenvalue weighted by molar-refractivity contribution is 5.71. The Hall–Kier alpha value is -1.59. The van der Waals surface area contributed by atoms with Gasteiger partial charge in [-0.3, -0.25) is 14.4 Å². The van der Waals surface area contributed by atoms with E-state index in [0.29, 0.717) is 19.3 Å². The van der Waals surface area contributed by atoms with Crippen molar-refractivity contribution in [1.82, 2.24) is 0 Å². The molecule has 0 aromatic heterocycles. The second-order valence-corrected chi connectivity index (χ2v) is 19.5. The van der Waals surface area contributed by atoms with Crippen LogP contribution in [0.1, 0.15) is 298 Å². The van der Waals surface area contributed by atoms with E-state index in [1.54, 1.807) is 0 Å². The zero-order chi connectivity index (χ0) is 44.0. The molecule has 1 atom stereocenters. The first-order chi connectivity index (χ1) is 29.2. The molecule has 0 bridgehead atoms. The third-order valence-corrected chi connectivity index (χ3v) is 12.2. The van der Waals surface area contributed by atoms with E-state index in [1.807, 2.05) is 0 Å². The molecule has 0 saturated carbocycles. The minimum absolute atomic E-state index is 0.0638. The molecule has 6 heteroatoms. The van der Waals surface area contributed by atoms with Crippen molar-refractivity contribution in [3.8, 4) is 0 Å². The first-order valence-corrected chi connectivity index (χ1v) is 26.7. The quantitative estimate of drug-likeness (QED) is 0.0345. The lowest BCUT2D eigenvalue weighted by Crippen LogP contribution is -2.30. The molecule has 0 heterocycles. The average molecular weight is 849 g/mol. The summed E-state index contributed by atoms with van der Waals surface area (Å²) >= 11 is 0. The van der Waals surface area contributed by atoms with Gasteiger partial charge < -0.3 is 14.2 Å². The van der Waals surface area contributed by atoms with Gasteiger partial charge in [-0.2, -0.15) is 0 Å². The molecule has 0 aromatic carbocycles. The van der Waals surface area contributed by atoms with E-state index in [-0.39, 0.29) is 31.1 Å². The smallest absolute Gasteiger partial charge is 0.306 e. The highest BCUT2D eigenvalue weighted by Crippen LogP contribution is 2.17. The van der Waals surface area contributed by atoms with Crippen LogP contribution in [-0.4, -0.2) is 37.2 Å². The van der Waals surface area contributed by atoms with Crippen molar-refractivity contribution in [1.29, 1.82) is 0 Å². The Morgan fingerprint density at radius 2 is 0.550 bits per heavy atom. The summed E-state index contributed by atoms with van der Waals surface area (Å²) in [7, 11) is 0. The predicted octanol–water partition coefficient (Wildman–Crippen LogP) is 17.3. The molecule has 6 nitrogen and oxygen atoms in total. The summed E-state index contributed by atoms with van der Waals surface area (Å²) in [5, 5.41) is 0. The number of ether oxygens (including phenoxy) is 3. The fourth-order valence-electron chi connectivity index (χ4n) is 8.17. The van der Waals surface area contributed by atoms with Crippen LogP contribution in [0.2, 0.25) is 0 Å². The SMILES string of the molecule is CCCCCCCCCCCCCCCCCCCC(=O)OC[C@@H](COC(=O)CCCCCCCCCCC(C)C)OC(=O)CCCCCCCCCCCCCC(C)C. The maximum absolute atomic E-state index is 12.8. The maximum atomic E-state index is 12.8. The second kappa shape index (κ2) is 46.9. The van der Waals surface area contributed by atoms with Crippen LogP contribution >= 0.6 is 0 Å². The number of esters is 3. The number of rotatable bonds is 48. The van der Waals surface area contributed by atoms with E-state index in [2.05, 4.69) is 34.6 Å². The lowest BCUT2D eigenvalue weighted by atomic mass is 10.0. The van der Waals surface area contributed by atoms with Gasteiger partial charge in [0.25, 0.3) is 0 Å². The summed E-state index contributed by atoms with van der Waals surface area (Å²) in [6, 6.07) is 0. The van der Waals surface area contributed by atoms with Crippen molar-refractivity contribution in [2.45, 2.75) is 304 Å². The highest BCUT2D eigenvalue weighted by Gasteiger charge is 2.19. The third-order valence-electron chi connectivity index (χ3n) is 12.2. The van der Waals surface area contributed by atoms with Crippen LogP contribution in [0, 0.1) is 11.8 Å². The third kappa shape index (κ3) is 47.5. The van der Waals surface area contributed by atoms with Crippen molar-refractivity contribution >= 4 is 17.9 Å². The lowest BCUT2D eigenvalue weighted by molar-refractivity contribution is -0.167. The Bertz CT molecular complexity index is 916. The molecule has 0 rings (SSSR count). The number of hydrogen-bond acceptors (Lipinski definition) is 6. The van der Waals surface area contributed by atoms with Gasteiger partial charge in [-0.1, -0.05) is 259 Å². The molecule has 0 amide bonds. The highest BCUT2D eigenvalue weighted by atomic mass is 16.6. The molecule has 0 spiro atoms. The summed E-state index contributed by atoms with van der Waals surface area (Å²) in [5.74, 6) is 0.773. The molecule has 0 aliphatic rings. The Balaban J connectivity index is 4.28. The minimum atomic E-state index is -0.762. The fraction of sp³-hybridized carbons (Fsp3) is 0.944. The van der Waals surface area contributed by atoms with Gasteiger partial charge in [0.05, 0.1) is 0 Å². The van der Waals surface area contributed by atoms with Crippen LogP contribution < -0.4 is 0 Å². The summed E-state index contributed by atoms with van der Waals surface area (Å²) < 4.78 is 16.8. The van der Waals surface area contributed by atoms with Crippen LogP contribution in [0.25, 0.3) is 0 Å². The van der Waals surface area contributed by atoms with E-state index >= 15 is 0 Å². The maximum Gasteiger partial charge on any atom is 0.306 e. The Morgan fingerprint density at radius 1 is 0.317 bits per heavy atom. The monoisotopic (exact) mass is 849 g/mol. The number of hydrogen-bond donors (Lipinski definition) is 0. The van der Waals surface area contributed by atoms with Crippen LogP contribution in [-0.2, 0) is 28.6 Å². The first-order valence-electron chi connectivity index (χ1n) is 26.7. The van der Waals surface area contributed by atoms with Crippen LogP contribution in [0.15, 0.2) is 0 Å². The van der Waals surface area contributed by atoms with Gasteiger partial charge in [-0.15, -0.1) is 0 Å². The number of unbranched alkanes of at least 4 members (excludes halogenated alkanes) is 33. The van der Waals surface area contributed by atoms with Crippen LogP contribution in [0.5, 0.6) is 0 Å². The predicted molar refractivity (Wildman–Crippen MR) is 256 cm³/mol. The Kier molecular flexibility index (Phi) is 45.7. The second-order valence-electron chi connectivity index (χ2n) is 19.5. The van der Waals surface area contributed by atoms with Gasteiger partial charge in [0.1, 0.15) is 13.2 Å². The molecule has 0 N–H and O–H groups in total. The molecule has 0 fully saturated rings. The molecule has 0 saturated heterocycles. The molecule has 0 radical (unpaired) electrons. The molecular formula is C54H104O6. The normalized spacial score (nSPS) is 12.1. The van der Waals surface area contributed by atoms with E-state index < -0.39 is 6.10 Å². The summed E-state index contributed by atoms with van der Waals surface area (Å²) in [6.07, 6.45) is 48.1. The molecule has 0 aliphatic carbocycles. The first kappa shape index (κ1) is 58.4. The van der Waals surface area contributed by atoms with Gasteiger partial charge in [-0.05, 0) is 31.1 Å². The van der Waals surface area contributed by atoms with E-state index in [9.17, 15) is 14.4 Å². The van der Waals surface area contributed by atoms with Crippen LogP contribution in [0.4, 0.5) is 0 Å². The number of carbonyl (C=O) groups excluding carboxylic acids is 3. The Morgan fingerprint density at radius 3 is 0.817 bits per heavy atom. The van der Waals surface area contributed by atoms with Gasteiger partial charge in [0, 0.05) is 19.3 Å². The molecule has 356 valence electrons. The van der Waals surface area contributed by atoms with Crippen molar-refractivity contribution < 1.29 is 28.6 Å². The van der Waals surface area contributed by atoms with Gasteiger partial charge >= 0.3 is 17.9 Å². The molecule has 60 heavy (non-hydrogen) atoms. The van der Waals surface area contributed by atoms with E-state index in [4.69, 9.17) is 14.2 Å². The number of carbonyl (C=O) groups is 3. The Labute approximate surface area is 374 Å². The van der Waals surface area contributed by atoms with Crippen molar-refractivity contribution in [2.24, 2.45) is 11.8 Å². The molecule has 0 aliphatic heterocycles. The van der Waals surface area contributed by atoms with E-state index in [0.717, 1.165) is 69.6 Å². The zero-order valence-corrected chi connectivity index (χ0v) is 41.1. The van der Waals surface area contributed by atoms with Gasteiger partial charge in [-0.25, -0.2) is 0 Å². The van der Waals surface area contributed by atoms with Crippen molar-refractivity contribution in [3.63, 3.8) is 0 Å².